The zero-order chi connectivity index (χ0) is 17.0. The summed E-state index contributed by atoms with van der Waals surface area (Å²) in [5.74, 6) is -3.82. The molecule has 0 spiro atoms. The molecule has 1 atom stereocenters. The first kappa shape index (κ1) is 17.3. The van der Waals surface area contributed by atoms with Crippen LogP contribution >= 0.6 is 11.3 Å². The Bertz CT molecular complexity index is 795. The van der Waals surface area contributed by atoms with Crippen molar-refractivity contribution in [1.29, 1.82) is 0 Å². The van der Waals surface area contributed by atoms with E-state index >= 15 is 0 Å². The molecule has 1 aromatic carbocycles. The quantitative estimate of drug-likeness (QED) is 0.827. The van der Waals surface area contributed by atoms with Crippen molar-refractivity contribution in [2.75, 3.05) is 15.8 Å². The fraction of sp³-hybridized carbons (Fsp3) is 0.231. The number of hydrogen-bond acceptors (Lipinski definition) is 5. The third-order valence-electron chi connectivity index (χ3n) is 2.78. The number of hydrogen-bond donors (Lipinski definition) is 2. The van der Waals surface area contributed by atoms with E-state index in [-0.39, 0.29) is 5.69 Å². The van der Waals surface area contributed by atoms with Crippen LogP contribution in [0.2, 0.25) is 0 Å². The van der Waals surface area contributed by atoms with Gasteiger partial charge in [-0.1, -0.05) is 6.92 Å². The van der Waals surface area contributed by atoms with Crippen LogP contribution in [-0.2, 0) is 14.8 Å². The van der Waals surface area contributed by atoms with Gasteiger partial charge in [-0.25, -0.2) is 22.2 Å². The molecule has 0 aliphatic rings. The second kappa shape index (κ2) is 7.01. The van der Waals surface area contributed by atoms with Gasteiger partial charge in [-0.05, 0) is 12.1 Å². The molecule has 124 valence electrons. The monoisotopic (exact) mass is 361 g/mol. The Balaban J connectivity index is 2.01. The van der Waals surface area contributed by atoms with E-state index in [1.807, 2.05) is 4.72 Å². The summed E-state index contributed by atoms with van der Waals surface area (Å²) in [6.07, 6.45) is 1.50. The van der Waals surface area contributed by atoms with E-state index in [4.69, 9.17) is 0 Å². The maximum Gasteiger partial charge on any atom is 0.233 e. The van der Waals surface area contributed by atoms with E-state index in [0.29, 0.717) is 11.2 Å². The van der Waals surface area contributed by atoms with Gasteiger partial charge in [-0.3, -0.25) is 9.52 Å². The van der Waals surface area contributed by atoms with Gasteiger partial charge >= 0.3 is 0 Å². The highest BCUT2D eigenvalue weighted by atomic mass is 32.2. The highest BCUT2D eigenvalue weighted by molar-refractivity contribution is 7.92. The summed E-state index contributed by atoms with van der Waals surface area (Å²) in [6.45, 7) is 1.42. The molecule has 6 nitrogen and oxygen atoms in total. The maximum absolute atomic E-state index is 13.5. The summed E-state index contributed by atoms with van der Waals surface area (Å²) < 4.78 is 52.3. The third kappa shape index (κ3) is 4.96. The molecule has 0 aliphatic heterocycles. The SMILES string of the molecule is CC(CS(=O)(=O)Nc1ccc(F)cc1F)C(=O)Nc1nccs1. The Hall–Kier alpha value is -2.07. The number of halogens is 2. The van der Waals surface area contributed by atoms with Gasteiger partial charge in [-0.2, -0.15) is 0 Å². The summed E-state index contributed by atoms with van der Waals surface area (Å²) in [5, 5.41) is 4.50. The van der Waals surface area contributed by atoms with Crippen molar-refractivity contribution in [3.63, 3.8) is 0 Å². The van der Waals surface area contributed by atoms with Gasteiger partial charge in [-0.15, -0.1) is 11.3 Å². The molecule has 0 saturated heterocycles. The standard InChI is InChI=1S/C13H13F2N3O3S2/c1-8(12(19)17-13-16-4-5-22-13)7-23(20,21)18-11-3-2-9(14)6-10(11)15/h2-6,8,18H,7H2,1H3,(H,16,17,19). The van der Waals surface area contributed by atoms with Crippen LogP contribution in [0.15, 0.2) is 29.8 Å². The van der Waals surface area contributed by atoms with Crippen molar-refractivity contribution in [2.24, 2.45) is 5.92 Å². The molecular formula is C13H13F2N3O3S2. The molecule has 1 aromatic heterocycles. The number of amides is 1. The average Bonchev–Trinajstić information content (AvgIpc) is 2.94. The van der Waals surface area contributed by atoms with Crippen molar-refractivity contribution in [2.45, 2.75) is 6.92 Å². The van der Waals surface area contributed by atoms with E-state index in [9.17, 15) is 22.0 Å². The molecule has 0 bridgehead atoms. The lowest BCUT2D eigenvalue weighted by Crippen LogP contribution is -2.30. The number of anilines is 2. The lowest BCUT2D eigenvalue weighted by molar-refractivity contribution is -0.118. The number of thiazole rings is 1. The molecule has 10 heteroatoms. The average molecular weight is 361 g/mol. The maximum atomic E-state index is 13.5. The highest BCUT2D eigenvalue weighted by Crippen LogP contribution is 2.18. The number of carbonyl (C=O) groups is 1. The Kier molecular flexibility index (Phi) is 5.26. The Morgan fingerprint density at radius 1 is 1.39 bits per heavy atom. The molecule has 0 radical (unpaired) electrons. The Labute approximate surface area is 135 Å². The van der Waals surface area contributed by atoms with E-state index in [0.717, 1.165) is 12.1 Å². The lowest BCUT2D eigenvalue weighted by atomic mass is 10.2. The van der Waals surface area contributed by atoms with Crippen molar-refractivity contribution in [1.82, 2.24) is 4.98 Å². The van der Waals surface area contributed by atoms with Gasteiger partial charge in [0.15, 0.2) is 5.13 Å². The van der Waals surface area contributed by atoms with Crippen LogP contribution in [-0.4, -0.2) is 25.1 Å². The van der Waals surface area contributed by atoms with Crippen LogP contribution in [0.3, 0.4) is 0 Å². The molecule has 2 rings (SSSR count). The summed E-state index contributed by atoms with van der Waals surface area (Å²) in [4.78, 5) is 15.8. The second-order valence-corrected chi connectivity index (χ2v) is 7.40. The number of nitrogens with zero attached hydrogens (tertiary/aromatic N) is 1. The fourth-order valence-electron chi connectivity index (χ4n) is 1.70. The lowest BCUT2D eigenvalue weighted by Gasteiger charge is -2.13. The first-order valence-corrected chi connectivity index (χ1v) is 8.96. The van der Waals surface area contributed by atoms with E-state index in [1.54, 1.807) is 5.38 Å². The minimum absolute atomic E-state index is 0.358. The van der Waals surface area contributed by atoms with Gasteiger partial charge in [0.1, 0.15) is 11.6 Å². The topological polar surface area (TPSA) is 88.2 Å². The minimum Gasteiger partial charge on any atom is -0.302 e. The smallest absolute Gasteiger partial charge is 0.233 e. The zero-order valence-electron chi connectivity index (χ0n) is 11.9. The van der Waals surface area contributed by atoms with E-state index < -0.39 is 39.2 Å². The molecule has 1 heterocycles. The van der Waals surface area contributed by atoms with Crippen LogP contribution in [0.1, 0.15) is 6.92 Å². The molecule has 2 N–H and O–H groups in total. The van der Waals surface area contributed by atoms with Crippen molar-refractivity contribution in [3.8, 4) is 0 Å². The highest BCUT2D eigenvalue weighted by Gasteiger charge is 2.23. The summed E-state index contributed by atoms with van der Waals surface area (Å²) >= 11 is 1.20. The first-order chi connectivity index (χ1) is 10.8. The number of nitrogens with one attached hydrogen (secondary N) is 2. The molecular weight excluding hydrogens is 348 g/mol. The number of rotatable bonds is 6. The van der Waals surface area contributed by atoms with Crippen LogP contribution in [0.25, 0.3) is 0 Å². The Morgan fingerprint density at radius 3 is 2.74 bits per heavy atom. The first-order valence-electron chi connectivity index (χ1n) is 6.43. The number of aromatic nitrogens is 1. The molecule has 1 amide bonds. The third-order valence-corrected chi connectivity index (χ3v) is 4.93. The summed E-state index contributed by atoms with van der Waals surface area (Å²) in [5.41, 5.74) is -0.376. The van der Waals surface area contributed by atoms with Gasteiger partial charge in [0.2, 0.25) is 15.9 Å². The number of sulfonamides is 1. The number of benzene rings is 1. The normalized spacial score (nSPS) is 12.7. The largest absolute Gasteiger partial charge is 0.302 e. The fourth-order valence-corrected chi connectivity index (χ4v) is 3.63. The second-order valence-electron chi connectivity index (χ2n) is 4.74. The van der Waals surface area contributed by atoms with Gasteiger partial charge in [0.05, 0.1) is 17.4 Å². The molecule has 0 fully saturated rings. The van der Waals surface area contributed by atoms with Gasteiger partial charge in [0, 0.05) is 17.6 Å². The predicted molar refractivity (Wildman–Crippen MR) is 83.7 cm³/mol. The number of carbonyl (C=O) groups excluding carboxylic acids is 1. The van der Waals surface area contributed by atoms with Gasteiger partial charge in [0.25, 0.3) is 0 Å². The van der Waals surface area contributed by atoms with E-state index in [2.05, 4.69) is 10.3 Å². The molecule has 23 heavy (non-hydrogen) atoms. The van der Waals surface area contributed by atoms with Crippen molar-refractivity contribution < 1.29 is 22.0 Å². The van der Waals surface area contributed by atoms with Crippen molar-refractivity contribution in [3.05, 3.63) is 41.4 Å². The van der Waals surface area contributed by atoms with Crippen LogP contribution in [0.5, 0.6) is 0 Å². The molecule has 0 aliphatic carbocycles. The Morgan fingerprint density at radius 2 is 2.13 bits per heavy atom. The van der Waals surface area contributed by atoms with Crippen LogP contribution < -0.4 is 10.0 Å². The molecule has 2 aromatic rings. The van der Waals surface area contributed by atoms with Crippen LogP contribution in [0.4, 0.5) is 19.6 Å². The van der Waals surface area contributed by atoms with Crippen molar-refractivity contribution >= 4 is 38.1 Å². The zero-order valence-corrected chi connectivity index (χ0v) is 13.5. The predicted octanol–water partition coefficient (Wildman–Crippen LogP) is 2.44. The summed E-state index contributed by atoms with van der Waals surface area (Å²) in [7, 11) is -3.98. The minimum atomic E-state index is -3.98. The van der Waals surface area contributed by atoms with E-state index in [1.165, 1.54) is 24.5 Å². The molecule has 1 unspecified atom stereocenters. The van der Waals surface area contributed by atoms with Crippen LogP contribution in [0, 0.1) is 17.6 Å². The molecule has 0 saturated carbocycles. The summed E-state index contributed by atoms with van der Waals surface area (Å²) in [6, 6.07) is 2.47. The van der Waals surface area contributed by atoms with Gasteiger partial charge < -0.3 is 5.32 Å².